The zero-order chi connectivity index (χ0) is 86.9. The number of hydrogen-bond donors (Lipinski definition) is 9. The molecule has 4 aliphatic heterocycles. The first kappa shape index (κ1) is 91.0. The van der Waals surface area contributed by atoms with E-state index < -0.39 is 70.6 Å². The quantitative estimate of drug-likeness (QED) is 0.00984. The zero-order valence-corrected chi connectivity index (χ0v) is 69.5. The molecule has 8 aromatic rings. The number of carboxylic acid groups (broad SMARTS) is 1. The molecule has 2 aromatic carbocycles. The Hall–Kier alpha value is -12.3. The Kier molecular flexibility index (Phi) is 32.4. The van der Waals surface area contributed by atoms with Crippen molar-refractivity contribution in [3.8, 4) is 58.2 Å². The number of nitrogens with two attached hydrogens (primary N) is 3. The summed E-state index contributed by atoms with van der Waals surface area (Å²) in [6, 6.07) is 8.63. The highest BCUT2D eigenvalue weighted by molar-refractivity contribution is 6.25. The first-order valence-corrected chi connectivity index (χ1v) is 41.7. The molecule has 2 fully saturated rings. The van der Waals surface area contributed by atoms with Gasteiger partial charge in [-0.15, -0.1) is 0 Å². The van der Waals surface area contributed by atoms with Crippen molar-refractivity contribution in [2.24, 2.45) is 5.73 Å². The number of pyridine rings is 2. The monoisotopic (exact) mass is 1660 g/mol. The number of aliphatic carboxylic acids is 1. The van der Waals surface area contributed by atoms with Crippen LogP contribution >= 0.6 is 0 Å². The van der Waals surface area contributed by atoms with E-state index in [1.54, 1.807) is 64.4 Å². The van der Waals surface area contributed by atoms with Gasteiger partial charge >= 0.3 is 5.97 Å². The third kappa shape index (κ3) is 23.8. The number of aryl methyl sites for hydroxylation is 4. The van der Waals surface area contributed by atoms with Gasteiger partial charge in [-0.1, -0.05) is 113 Å². The first-order valence-electron chi connectivity index (χ1n) is 41.7. The number of rotatable bonds is 39. The Bertz CT molecular complexity index is 5220. The van der Waals surface area contributed by atoms with Crippen molar-refractivity contribution in [2.75, 3.05) is 37.8 Å². The molecule has 35 heteroatoms. The van der Waals surface area contributed by atoms with Gasteiger partial charge in [0.1, 0.15) is 56.7 Å². The third-order valence-electron chi connectivity index (χ3n) is 20.8. The molecule has 0 aliphatic carbocycles. The first-order chi connectivity index (χ1) is 58.1. The van der Waals surface area contributed by atoms with E-state index in [9.17, 15) is 58.2 Å². The SMILES string of the molecule is CCn1c(-c2nonc2N)nc2c(C#CC(C)(C)O)ncc(OCCCCCCCC(=O)NCCCCCCCc3cccc4c3C(=O)N(C3CCC(=O)NC3=O)C4=O)c21.CCn1c(-c2nonc2N)nc2c(C#CC(C)(C)O)ncc(OCCCCCCCC(=O)O)c21.NCCCCCCCc1cccc2c1C(=O)N(C1CCC(=O)NC1=O)C2=O. The maximum Gasteiger partial charge on any atom is 0.303 e. The summed E-state index contributed by atoms with van der Waals surface area (Å²) < 4.78 is 25.6. The number of benzene rings is 2. The number of nitrogen functional groups attached to an aromatic ring is 2. The molecule has 35 nitrogen and oxygen atoms in total. The van der Waals surface area contributed by atoms with Crippen LogP contribution in [0.25, 0.3) is 45.1 Å². The summed E-state index contributed by atoms with van der Waals surface area (Å²) in [5.74, 6) is 9.13. The fourth-order valence-corrected chi connectivity index (χ4v) is 14.8. The van der Waals surface area contributed by atoms with Gasteiger partial charge in [0.05, 0.1) is 47.9 Å². The molecule has 2 atom stereocenters. The summed E-state index contributed by atoms with van der Waals surface area (Å²) in [6.07, 6.45) is 24.3. The molecule has 12 N–H and O–H groups in total. The van der Waals surface area contributed by atoms with Crippen molar-refractivity contribution in [2.45, 2.75) is 258 Å². The summed E-state index contributed by atoms with van der Waals surface area (Å²) in [5.41, 5.74) is 21.8. The van der Waals surface area contributed by atoms with Crippen LogP contribution in [0.5, 0.6) is 11.5 Å². The smallest absolute Gasteiger partial charge is 0.303 e. The summed E-state index contributed by atoms with van der Waals surface area (Å²) in [7, 11) is 0. The molecule has 2 unspecified atom stereocenters. The van der Waals surface area contributed by atoms with Gasteiger partial charge in [0, 0.05) is 45.3 Å². The van der Waals surface area contributed by atoms with Crippen LogP contribution in [-0.2, 0) is 54.7 Å². The lowest BCUT2D eigenvalue weighted by Crippen LogP contribution is -2.54. The number of fused-ring (bicyclic) bond motifs is 4. The summed E-state index contributed by atoms with van der Waals surface area (Å²) in [5, 5.41) is 51.5. The van der Waals surface area contributed by atoms with E-state index in [2.05, 4.69) is 75.2 Å². The fourth-order valence-electron chi connectivity index (χ4n) is 14.8. The van der Waals surface area contributed by atoms with Gasteiger partial charge in [-0.3, -0.25) is 68.4 Å². The van der Waals surface area contributed by atoms with Crippen molar-refractivity contribution < 1.29 is 82.0 Å². The number of aromatic nitrogens is 10. The minimum atomic E-state index is -1.22. The number of nitrogens with zero attached hydrogens (tertiary/aromatic N) is 12. The second-order valence-electron chi connectivity index (χ2n) is 31.2. The third-order valence-corrected chi connectivity index (χ3v) is 20.8. The van der Waals surface area contributed by atoms with E-state index in [1.807, 2.05) is 35.1 Å². The van der Waals surface area contributed by atoms with E-state index in [0.29, 0.717) is 155 Å². The van der Waals surface area contributed by atoms with Gasteiger partial charge < -0.3 is 56.4 Å². The van der Waals surface area contributed by atoms with Crippen molar-refractivity contribution in [3.63, 3.8) is 0 Å². The van der Waals surface area contributed by atoms with Crippen molar-refractivity contribution >= 4 is 92.8 Å². The number of carbonyl (C=O) groups excluding carboxylic acids is 9. The highest BCUT2D eigenvalue weighted by atomic mass is 16.6. The number of carbonyl (C=O) groups is 10. The van der Waals surface area contributed by atoms with Crippen molar-refractivity contribution in [1.29, 1.82) is 0 Å². The van der Waals surface area contributed by atoms with E-state index in [-0.39, 0.29) is 55.6 Å². The molecular weight excluding hydrogens is 1560 g/mol. The molecule has 0 bridgehead atoms. The molecule has 121 heavy (non-hydrogen) atoms. The Morgan fingerprint density at radius 2 is 0.950 bits per heavy atom. The van der Waals surface area contributed by atoms with E-state index in [0.717, 1.165) is 143 Å². The molecule has 9 amide bonds. The number of imidazole rings is 2. The second-order valence-corrected chi connectivity index (χ2v) is 31.2. The second kappa shape index (κ2) is 43.1. The summed E-state index contributed by atoms with van der Waals surface area (Å²) in [6.45, 7) is 13.6. The van der Waals surface area contributed by atoms with Gasteiger partial charge in [0.25, 0.3) is 23.6 Å². The van der Waals surface area contributed by atoms with Crippen LogP contribution in [0.15, 0.2) is 58.0 Å². The minimum Gasteiger partial charge on any atom is -0.490 e. The number of nitrogens with one attached hydrogen (secondary N) is 3. The Morgan fingerprint density at radius 3 is 1.35 bits per heavy atom. The van der Waals surface area contributed by atoms with Crippen molar-refractivity contribution in [1.82, 2.24) is 75.4 Å². The maximum atomic E-state index is 13.3. The fraction of sp³-hybridized carbons (Fsp3) is 0.512. The molecule has 2 saturated heterocycles. The number of aliphatic hydroxyl groups is 2. The lowest BCUT2D eigenvalue weighted by molar-refractivity contribution is -0.138. The summed E-state index contributed by atoms with van der Waals surface area (Å²) in [4.78, 5) is 143. The van der Waals surface area contributed by atoms with Crippen LogP contribution in [0.4, 0.5) is 11.6 Å². The zero-order valence-electron chi connectivity index (χ0n) is 69.5. The van der Waals surface area contributed by atoms with Gasteiger partial charge in [0.2, 0.25) is 29.5 Å². The topological polar surface area (TPSA) is 510 Å². The van der Waals surface area contributed by atoms with Gasteiger partial charge in [0.15, 0.2) is 46.2 Å². The molecule has 0 saturated carbocycles. The lowest BCUT2D eigenvalue weighted by atomic mass is 9.97. The van der Waals surface area contributed by atoms with Crippen LogP contribution < -0.4 is 42.6 Å². The lowest BCUT2D eigenvalue weighted by Gasteiger charge is -2.27. The number of amides is 9. The number of ether oxygens (including phenoxy) is 2. The molecular formula is C86H108N18O17. The number of piperidine rings is 2. The molecule has 12 rings (SSSR count). The number of hydrogen-bond acceptors (Lipinski definition) is 27. The Labute approximate surface area is 700 Å². The molecule has 10 heterocycles. The van der Waals surface area contributed by atoms with Gasteiger partial charge in [-0.2, -0.15) is 0 Å². The molecule has 0 radical (unpaired) electrons. The van der Waals surface area contributed by atoms with Crippen LogP contribution in [0.3, 0.4) is 0 Å². The normalized spacial score (nSPS) is 15.1. The predicted molar refractivity (Wildman–Crippen MR) is 444 cm³/mol. The molecule has 6 aromatic heterocycles. The predicted octanol–water partition coefficient (Wildman–Crippen LogP) is 9.19. The highest BCUT2D eigenvalue weighted by Gasteiger charge is 2.47. The van der Waals surface area contributed by atoms with E-state index in [1.165, 1.54) is 0 Å². The molecule has 0 spiro atoms. The van der Waals surface area contributed by atoms with Crippen LogP contribution in [0, 0.1) is 23.7 Å². The van der Waals surface area contributed by atoms with E-state index >= 15 is 0 Å². The Morgan fingerprint density at radius 1 is 0.545 bits per heavy atom. The largest absolute Gasteiger partial charge is 0.490 e. The van der Waals surface area contributed by atoms with Gasteiger partial charge in [-0.05, 0) is 181 Å². The minimum absolute atomic E-state index is 0.0594. The van der Waals surface area contributed by atoms with Crippen LogP contribution in [0.1, 0.15) is 272 Å². The average Bonchev–Trinajstić information content (AvgIpc) is 1.62. The maximum absolute atomic E-state index is 13.3. The number of imide groups is 4. The van der Waals surface area contributed by atoms with Crippen molar-refractivity contribution in [3.05, 3.63) is 93.6 Å². The number of unbranched alkanes of at least 4 members (excludes halogenated alkanes) is 16. The van der Waals surface area contributed by atoms with E-state index in [4.69, 9.17) is 46.0 Å². The number of carboxylic acids is 1. The van der Waals surface area contributed by atoms with Gasteiger partial charge in [-0.25, -0.2) is 29.2 Å². The molecule has 4 aliphatic rings. The number of anilines is 2. The highest BCUT2D eigenvalue weighted by Crippen LogP contribution is 2.38. The average molecular weight is 1670 g/mol. The van der Waals surface area contributed by atoms with Crippen LogP contribution in [0.2, 0.25) is 0 Å². The summed E-state index contributed by atoms with van der Waals surface area (Å²) >= 11 is 0. The van der Waals surface area contributed by atoms with Crippen LogP contribution in [-0.4, -0.2) is 184 Å². The Balaban J connectivity index is 0.000000211. The molecule has 644 valence electrons. The standard InChI is InChI=1S/C43H53N9O8.C23H30N6O5.C20H25N3O4/c1-4-51-37-31(26-46-29(22-23-43(2,3)58)35(37)48-39(51)36-38(44)50-60-49-36)59-25-14-10-6-8-12-19-32(53)45-24-13-9-5-7-11-16-27-17-15-18-28-34(27)42(57)52(41(28)56)30-20-21-33(54)47-40(30)55;1-4-29-20-16(33-13-9-7-5-6-8-10-17(30)31)14-25-15(11-12-23(2,3)32)18(20)26-22(29)19-21(24)28-34-27-19;21-12-5-3-1-2-4-7-13-8-6-9-14-17(13)20(27)23(19(14)26)15-10-11-16(24)22-18(15)25/h15,17-18,26,30,58H,4-14,16,19-21,24-25H2,1-3H3,(H2,44,50)(H,45,53)(H,47,54,55);14,32H,4-10,13H2,1-3H3,(H2,24,28)(H,30,31);6,8-9,15H,1-5,7,10-12,21H2,(H,22,24,25).